The van der Waals surface area contributed by atoms with Crippen molar-refractivity contribution in [1.29, 1.82) is 0 Å². The van der Waals surface area contributed by atoms with Crippen LogP contribution in [0.4, 0.5) is 0 Å². The van der Waals surface area contributed by atoms with Crippen LogP contribution < -0.4 is 0 Å². The van der Waals surface area contributed by atoms with Crippen LogP contribution in [-0.2, 0) is 17.9 Å². The maximum absolute atomic E-state index is 13.6. The van der Waals surface area contributed by atoms with Crippen molar-refractivity contribution in [2.45, 2.75) is 52.4 Å². The minimum Gasteiger partial charge on any atom is -0.453 e. The van der Waals surface area contributed by atoms with Crippen LogP contribution in [0, 0.1) is 0 Å². The number of aryl methyl sites for hydroxylation is 1. The molecule has 220 valence electrons. The molecule has 0 bridgehead atoms. The third-order valence-electron chi connectivity index (χ3n) is 8.74. The minimum atomic E-state index is -0.179. The number of ketones is 2. The van der Waals surface area contributed by atoms with Crippen molar-refractivity contribution in [3.05, 3.63) is 119 Å². The van der Waals surface area contributed by atoms with E-state index in [4.69, 9.17) is 8.83 Å². The number of carbonyl (C=O) groups excluding carboxylic acids is 2. The van der Waals surface area contributed by atoms with Gasteiger partial charge in [0.1, 0.15) is 11.2 Å². The average Bonchev–Trinajstić information content (AvgIpc) is 3.68. The Labute approximate surface area is 256 Å². The zero-order valence-electron chi connectivity index (χ0n) is 26.2. The molecule has 4 aromatic carbocycles. The van der Waals surface area contributed by atoms with Gasteiger partial charge in [0.15, 0.2) is 11.5 Å². The molecule has 0 fully saturated rings. The molecule has 0 amide bonds. The highest BCUT2D eigenvalue weighted by molar-refractivity contribution is 6.17. The van der Waals surface area contributed by atoms with Crippen molar-refractivity contribution in [2.24, 2.45) is 7.05 Å². The summed E-state index contributed by atoms with van der Waals surface area (Å²) in [6.07, 6.45) is 0. The maximum Gasteiger partial charge on any atom is 0.228 e. The quantitative estimate of drug-likeness (QED) is 0.194. The zero-order chi connectivity index (χ0) is 31.1. The van der Waals surface area contributed by atoms with E-state index in [-0.39, 0.29) is 22.4 Å². The smallest absolute Gasteiger partial charge is 0.228 e. The van der Waals surface area contributed by atoms with Crippen LogP contribution in [0.25, 0.3) is 43.7 Å². The molecular weight excluding hydrogens is 546 g/mol. The molecule has 0 aliphatic rings. The molecule has 0 saturated carbocycles. The van der Waals surface area contributed by atoms with E-state index in [2.05, 4.69) is 70.4 Å². The van der Waals surface area contributed by atoms with Crippen molar-refractivity contribution in [1.82, 2.24) is 4.57 Å². The fraction of sp³-hybridized carbons (Fsp3) is 0.231. The van der Waals surface area contributed by atoms with Crippen LogP contribution in [-0.4, -0.2) is 16.1 Å². The molecule has 0 saturated heterocycles. The van der Waals surface area contributed by atoms with Gasteiger partial charge in [-0.15, -0.1) is 0 Å². The first kappa shape index (κ1) is 27.9. The summed E-state index contributed by atoms with van der Waals surface area (Å²) in [4.78, 5) is 27.3. The lowest BCUT2D eigenvalue weighted by molar-refractivity contribution is 0.100. The van der Waals surface area contributed by atoms with E-state index in [1.807, 2.05) is 67.7 Å². The Morgan fingerprint density at radius 2 is 0.955 bits per heavy atom. The van der Waals surface area contributed by atoms with Crippen molar-refractivity contribution < 1.29 is 18.4 Å². The molecule has 44 heavy (non-hydrogen) atoms. The summed E-state index contributed by atoms with van der Waals surface area (Å²) < 4.78 is 14.1. The van der Waals surface area contributed by atoms with Crippen molar-refractivity contribution >= 4 is 55.3 Å². The van der Waals surface area contributed by atoms with Crippen LogP contribution in [0.2, 0.25) is 0 Å². The normalized spacial score (nSPS) is 12.6. The molecule has 0 radical (unpaired) electrons. The number of carbonyl (C=O) groups is 2. The van der Waals surface area contributed by atoms with Gasteiger partial charge in [-0.2, -0.15) is 0 Å². The second-order valence-corrected chi connectivity index (χ2v) is 13.9. The molecule has 0 atom stereocenters. The van der Waals surface area contributed by atoms with E-state index >= 15 is 0 Å². The Morgan fingerprint density at radius 1 is 0.545 bits per heavy atom. The van der Waals surface area contributed by atoms with Gasteiger partial charge in [-0.3, -0.25) is 9.59 Å². The van der Waals surface area contributed by atoms with Crippen LogP contribution in [0.3, 0.4) is 0 Å². The summed E-state index contributed by atoms with van der Waals surface area (Å²) in [5.74, 6) is 0.255. The SMILES string of the molecule is Cn1c2ccc(C(=O)c3cc4cc(C(C)(C)C)ccc4o3)cc2c2cc(C(=O)c3cc4cc(C(C)(C)C)ccc4o3)ccc21. The van der Waals surface area contributed by atoms with Gasteiger partial charge in [-0.25, -0.2) is 0 Å². The van der Waals surface area contributed by atoms with Gasteiger partial charge in [0.2, 0.25) is 11.6 Å². The predicted molar refractivity (Wildman–Crippen MR) is 177 cm³/mol. The first-order valence-electron chi connectivity index (χ1n) is 15.0. The third kappa shape index (κ3) is 4.55. The molecular formula is C39H35NO4. The molecule has 0 unspecified atom stereocenters. The Morgan fingerprint density at radius 3 is 1.34 bits per heavy atom. The van der Waals surface area contributed by atoms with Crippen LogP contribution in [0.15, 0.2) is 93.8 Å². The lowest BCUT2D eigenvalue weighted by Gasteiger charge is -2.18. The van der Waals surface area contributed by atoms with E-state index in [1.54, 1.807) is 0 Å². The Kier molecular flexibility index (Phi) is 6.06. The first-order valence-corrected chi connectivity index (χ1v) is 15.0. The third-order valence-corrected chi connectivity index (χ3v) is 8.74. The summed E-state index contributed by atoms with van der Waals surface area (Å²) >= 11 is 0. The molecule has 0 spiro atoms. The number of benzene rings is 4. The molecule has 3 aromatic heterocycles. The van der Waals surface area contributed by atoms with Crippen molar-refractivity contribution in [3.63, 3.8) is 0 Å². The number of nitrogens with zero attached hydrogens (tertiary/aromatic N) is 1. The monoisotopic (exact) mass is 581 g/mol. The highest BCUT2D eigenvalue weighted by Crippen LogP contribution is 2.34. The van der Waals surface area contributed by atoms with Crippen molar-refractivity contribution in [3.8, 4) is 0 Å². The largest absolute Gasteiger partial charge is 0.453 e. The number of hydrogen-bond donors (Lipinski definition) is 0. The Hall–Kier alpha value is -4.90. The summed E-state index contributed by atoms with van der Waals surface area (Å²) in [6.45, 7) is 13.0. The van der Waals surface area contributed by atoms with Crippen LogP contribution >= 0.6 is 0 Å². The lowest BCUT2D eigenvalue weighted by atomic mass is 9.86. The van der Waals surface area contributed by atoms with Gasteiger partial charge < -0.3 is 13.4 Å². The van der Waals surface area contributed by atoms with E-state index in [9.17, 15) is 9.59 Å². The van der Waals surface area contributed by atoms with Gasteiger partial charge >= 0.3 is 0 Å². The molecule has 7 aromatic rings. The summed E-state index contributed by atoms with van der Waals surface area (Å²) in [7, 11) is 1.99. The van der Waals surface area contributed by atoms with Gasteiger partial charge in [-0.1, -0.05) is 53.7 Å². The van der Waals surface area contributed by atoms with Gasteiger partial charge in [0.05, 0.1) is 0 Å². The molecule has 0 N–H and O–H groups in total. The fourth-order valence-corrected chi connectivity index (χ4v) is 6.03. The first-order chi connectivity index (χ1) is 20.8. The highest BCUT2D eigenvalue weighted by Gasteiger charge is 2.22. The van der Waals surface area contributed by atoms with Crippen LogP contribution in [0.1, 0.15) is 84.9 Å². The summed E-state index contributed by atoms with van der Waals surface area (Å²) in [5.41, 5.74) is 6.75. The van der Waals surface area contributed by atoms with Crippen LogP contribution in [0.5, 0.6) is 0 Å². The molecule has 5 nitrogen and oxygen atoms in total. The number of fused-ring (bicyclic) bond motifs is 5. The predicted octanol–water partition coefficient (Wildman–Crippen LogP) is 9.88. The summed E-state index contributed by atoms with van der Waals surface area (Å²) in [6, 6.07) is 27.2. The molecule has 3 heterocycles. The highest BCUT2D eigenvalue weighted by atomic mass is 16.3. The fourth-order valence-electron chi connectivity index (χ4n) is 6.03. The van der Waals surface area contributed by atoms with E-state index in [0.29, 0.717) is 33.8 Å². The Balaban J connectivity index is 1.27. The number of furan rings is 2. The molecule has 0 aliphatic heterocycles. The number of aromatic nitrogens is 1. The molecule has 0 aliphatic carbocycles. The van der Waals surface area contributed by atoms with Gasteiger partial charge in [0.25, 0.3) is 0 Å². The van der Waals surface area contributed by atoms with Crippen molar-refractivity contribution in [2.75, 3.05) is 0 Å². The lowest BCUT2D eigenvalue weighted by Crippen LogP contribution is -2.10. The van der Waals surface area contributed by atoms with Gasteiger partial charge in [0, 0.05) is 50.8 Å². The van der Waals surface area contributed by atoms with E-state index in [1.165, 1.54) is 11.1 Å². The topological polar surface area (TPSA) is 65.3 Å². The second-order valence-electron chi connectivity index (χ2n) is 13.9. The Bertz CT molecular complexity index is 2130. The molecule has 5 heteroatoms. The second kappa shape index (κ2) is 9.55. The standard InChI is InChI=1S/C39H35NO4/c1-38(2,3)26-10-14-32-24(16-26)20-34(43-32)36(41)22-8-12-30-28(18-22)29-19-23(9-13-31(29)40(30)7)37(42)35-21-25-17-27(39(4,5)6)11-15-33(25)44-35/h8-21H,1-7H3. The minimum absolute atomic E-state index is 0.00450. The maximum atomic E-state index is 13.6. The number of hydrogen-bond acceptors (Lipinski definition) is 4. The van der Waals surface area contributed by atoms with E-state index < -0.39 is 0 Å². The van der Waals surface area contributed by atoms with E-state index in [0.717, 1.165) is 32.6 Å². The van der Waals surface area contributed by atoms with Gasteiger partial charge in [-0.05, 0) is 94.8 Å². The molecule has 7 rings (SSSR count). The number of rotatable bonds is 4. The zero-order valence-corrected chi connectivity index (χ0v) is 26.2. The average molecular weight is 582 g/mol. The summed E-state index contributed by atoms with van der Waals surface area (Å²) in [5, 5.41) is 3.62.